The number of hydrogen-bond donors (Lipinski definition) is 2. The maximum atomic E-state index is 12.0. The van der Waals surface area contributed by atoms with Gasteiger partial charge in [0.25, 0.3) is 5.91 Å². The van der Waals surface area contributed by atoms with Gasteiger partial charge in [-0.25, -0.2) is 0 Å². The molecule has 0 radical (unpaired) electrons. The lowest BCUT2D eigenvalue weighted by molar-refractivity contribution is -0.112. The summed E-state index contributed by atoms with van der Waals surface area (Å²) >= 11 is 3.17. The van der Waals surface area contributed by atoms with E-state index in [9.17, 15) is 9.90 Å². The summed E-state index contributed by atoms with van der Waals surface area (Å²) in [6, 6.07) is 8.02. The Bertz CT molecular complexity index is 759. The largest absolute Gasteiger partial charge is 0.507 e. The summed E-state index contributed by atoms with van der Waals surface area (Å²) in [5, 5.41) is 24.6. The van der Waals surface area contributed by atoms with E-state index in [1.165, 1.54) is 12.1 Å². The molecular weight excluding hydrogens is 338 g/mol. The van der Waals surface area contributed by atoms with Crippen LogP contribution in [0.1, 0.15) is 11.3 Å². The molecule has 1 amide bonds. The fraction of sp³-hybridized carbons (Fsp3) is 0.0714. The van der Waals surface area contributed by atoms with E-state index in [1.807, 2.05) is 6.07 Å². The average Bonchev–Trinajstić information content (AvgIpc) is 2.85. The lowest BCUT2D eigenvalue weighted by Crippen LogP contribution is -2.13. The maximum absolute atomic E-state index is 12.0. The summed E-state index contributed by atoms with van der Waals surface area (Å²) in [6.45, 7) is 1.69. The van der Waals surface area contributed by atoms with Crippen molar-refractivity contribution in [3.63, 3.8) is 0 Å². The van der Waals surface area contributed by atoms with Crippen molar-refractivity contribution in [2.24, 2.45) is 0 Å². The molecule has 0 unspecified atom stereocenters. The van der Waals surface area contributed by atoms with Crippen LogP contribution in [0.15, 0.2) is 38.8 Å². The molecule has 106 valence electrons. The Morgan fingerprint density at radius 2 is 2.29 bits per heavy atom. The minimum Gasteiger partial charge on any atom is -0.507 e. The first-order valence-electron chi connectivity index (χ1n) is 5.84. The van der Waals surface area contributed by atoms with Gasteiger partial charge in [-0.3, -0.25) is 4.79 Å². The summed E-state index contributed by atoms with van der Waals surface area (Å²) in [6.07, 6.45) is 1.41. The second-order valence-corrected chi connectivity index (χ2v) is 5.01. The molecule has 0 bridgehead atoms. The number of phenols is 1. The van der Waals surface area contributed by atoms with Crippen LogP contribution in [0.2, 0.25) is 0 Å². The van der Waals surface area contributed by atoms with E-state index < -0.39 is 5.91 Å². The number of nitrogens with one attached hydrogen (secondary N) is 1. The average molecular weight is 348 g/mol. The fourth-order valence-corrected chi connectivity index (χ4v) is 1.93. The van der Waals surface area contributed by atoms with Crippen LogP contribution >= 0.6 is 15.9 Å². The SMILES string of the molecule is Cc1cc(NC(=O)/C(C#N)=C\c2ccc(O)c(Br)c2)no1. The van der Waals surface area contributed by atoms with Gasteiger partial charge in [-0.05, 0) is 46.6 Å². The summed E-state index contributed by atoms with van der Waals surface area (Å²) in [7, 11) is 0. The van der Waals surface area contributed by atoms with Gasteiger partial charge in [-0.2, -0.15) is 5.26 Å². The highest BCUT2D eigenvalue weighted by atomic mass is 79.9. The predicted molar refractivity (Wildman–Crippen MR) is 79.3 cm³/mol. The molecule has 1 aromatic carbocycles. The normalized spacial score (nSPS) is 11.0. The lowest BCUT2D eigenvalue weighted by Gasteiger charge is -2.01. The zero-order valence-electron chi connectivity index (χ0n) is 10.9. The standard InChI is InChI=1S/C14H10BrN3O3/c1-8-4-13(18-21-8)17-14(20)10(7-16)5-9-2-3-12(19)11(15)6-9/h2-6,19H,1H3,(H,17,18,20)/b10-5-. The van der Waals surface area contributed by atoms with Crippen molar-refractivity contribution in [1.29, 1.82) is 5.26 Å². The zero-order valence-corrected chi connectivity index (χ0v) is 12.5. The maximum Gasteiger partial charge on any atom is 0.267 e. The van der Waals surface area contributed by atoms with Crippen molar-refractivity contribution >= 4 is 33.7 Å². The van der Waals surface area contributed by atoms with E-state index in [-0.39, 0.29) is 17.1 Å². The molecule has 0 aliphatic carbocycles. The van der Waals surface area contributed by atoms with Crippen LogP contribution < -0.4 is 5.32 Å². The van der Waals surface area contributed by atoms with Crippen molar-refractivity contribution in [2.45, 2.75) is 6.92 Å². The molecule has 21 heavy (non-hydrogen) atoms. The zero-order chi connectivity index (χ0) is 15.4. The van der Waals surface area contributed by atoms with E-state index in [0.717, 1.165) is 0 Å². The number of aryl methyl sites for hydroxylation is 1. The fourth-order valence-electron chi connectivity index (χ4n) is 1.54. The number of carbonyl (C=O) groups is 1. The number of nitrogens with zero attached hydrogens (tertiary/aromatic N) is 2. The molecule has 2 aromatic rings. The number of halogens is 1. The Morgan fingerprint density at radius 3 is 2.86 bits per heavy atom. The highest BCUT2D eigenvalue weighted by Gasteiger charge is 2.12. The van der Waals surface area contributed by atoms with Gasteiger partial charge >= 0.3 is 0 Å². The summed E-state index contributed by atoms with van der Waals surface area (Å²) in [5.74, 6) is 0.281. The molecule has 2 rings (SSSR count). The third-order valence-electron chi connectivity index (χ3n) is 2.52. The molecule has 7 heteroatoms. The van der Waals surface area contributed by atoms with Crippen molar-refractivity contribution in [3.8, 4) is 11.8 Å². The van der Waals surface area contributed by atoms with E-state index in [1.54, 1.807) is 25.1 Å². The molecule has 0 aliphatic heterocycles. The van der Waals surface area contributed by atoms with E-state index in [2.05, 4.69) is 26.4 Å². The first kappa shape index (κ1) is 14.8. The Hall–Kier alpha value is -2.59. The predicted octanol–water partition coefficient (Wildman–Crippen LogP) is 3.00. The van der Waals surface area contributed by atoms with Gasteiger partial charge in [0.2, 0.25) is 0 Å². The molecule has 0 aliphatic rings. The van der Waals surface area contributed by atoms with E-state index >= 15 is 0 Å². The van der Waals surface area contributed by atoms with E-state index in [4.69, 9.17) is 9.78 Å². The lowest BCUT2D eigenvalue weighted by atomic mass is 10.1. The third kappa shape index (κ3) is 3.70. The Morgan fingerprint density at radius 1 is 1.52 bits per heavy atom. The highest BCUT2D eigenvalue weighted by Crippen LogP contribution is 2.25. The number of anilines is 1. The summed E-state index contributed by atoms with van der Waals surface area (Å²) in [5.41, 5.74) is 0.510. The van der Waals surface area contributed by atoms with Crippen molar-refractivity contribution in [2.75, 3.05) is 5.32 Å². The number of amides is 1. The van der Waals surface area contributed by atoms with Gasteiger partial charge in [-0.1, -0.05) is 11.2 Å². The second kappa shape index (κ2) is 6.24. The van der Waals surface area contributed by atoms with Crippen LogP contribution in [0.25, 0.3) is 6.08 Å². The number of carbonyl (C=O) groups excluding carboxylic acids is 1. The highest BCUT2D eigenvalue weighted by molar-refractivity contribution is 9.10. The minimum atomic E-state index is -0.588. The number of nitriles is 1. The Kier molecular flexibility index (Phi) is 4.40. The first-order chi connectivity index (χ1) is 9.99. The van der Waals surface area contributed by atoms with Gasteiger partial charge in [0, 0.05) is 6.07 Å². The smallest absolute Gasteiger partial charge is 0.267 e. The number of benzene rings is 1. The number of aromatic hydroxyl groups is 1. The minimum absolute atomic E-state index is 0.0770. The van der Waals surface area contributed by atoms with Crippen molar-refractivity contribution < 1.29 is 14.4 Å². The van der Waals surface area contributed by atoms with Crippen LogP contribution in [0.5, 0.6) is 5.75 Å². The summed E-state index contributed by atoms with van der Waals surface area (Å²) in [4.78, 5) is 12.0. The third-order valence-corrected chi connectivity index (χ3v) is 3.15. The van der Waals surface area contributed by atoms with Crippen LogP contribution in [-0.4, -0.2) is 16.2 Å². The Balaban J connectivity index is 2.22. The van der Waals surface area contributed by atoms with Crippen LogP contribution in [0, 0.1) is 18.3 Å². The van der Waals surface area contributed by atoms with Crippen LogP contribution in [0.4, 0.5) is 5.82 Å². The molecule has 0 saturated heterocycles. The number of phenolic OH excluding ortho intramolecular Hbond substituents is 1. The van der Waals surface area contributed by atoms with Gasteiger partial charge in [-0.15, -0.1) is 0 Å². The first-order valence-corrected chi connectivity index (χ1v) is 6.64. The quantitative estimate of drug-likeness (QED) is 0.656. The molecule has 0 atom stereocenters. The van der Waals surface area contributed by atoms with Gasteiger partial charge in [0.15, 0.2) is 5.82 Å². The van der Waals surface area contributed by atoms with Gasteiger partial charge in [0.1, 0.15) is 23.2 Å². The van der Waals surface area contributed by atoms with E-state index in [0.29, 0.717) is 15.8 Å². The van der Waals surface area contributed by atoms with Crippen molar-refractivity contribution in [3.05, 3.63) is 45.6 Å². The molecule has 0 saturated carbocycles. The van der Waals surface area contributed by atoms with Crippen LogP contribution in [0.3, 0.4) is 0 Å². The van der Waals surface area contributed by atoms with Crippen LogP contribution in [-0.2, 0) is 4.79 Å². The number of aromatic nitrogens is 1. The molecule has 1 aromatic heterocycles. The number of rotatable bonds is 3. The molecule has 6 nitrogen and oxygen atoms in total. The molecule has 2 N–H and O–H groups in total. The Labute approximate surface area is 128 Å². The molecule has 1 heterocycles. The second-order valence-electron chi connectivity index (χ2n) is 4.16. The molecule has 0 spiro atoms. The topological polar surface area (TPSA) is 99.2 Å². The summed E-state index contributed by atoms with van der Waals surface area (Å²) < 4.78 is 5.30. The molecule has 0 fully saturated rings. The molecular formula is C14H10BrN3O3. The van der Waals surface area contributed by atoms with Crippen molar-refractivity contribution in [1.82, 2.24) is 5.16 Å². The van der Waals surface area contributed by atoms with Gasteiger partial charge in [0.05, 0.1) is 4.47 Å². The monoisotopic (exact) mass is 347 g/mol. The van der Waals surface area contributed by atoms with Gasteiger partial charge < -0.3 is 14.9 Å². The number of hydrogen-bond acceptors (Lipinski definition) is 5.